The number of amides is 1. The molecule has 2 aromatic rings. The molecule has 1 heterocycles. The van der Waals surface area contributed by atoms with Crippen molar-refractivity contribution in [2.75, 3.05) is 18.2 Å². The van der Waals surface area contributed by atoms with Gasteiger partial charge in [-0.2, -0.15) is 4.98 Å². The molecule has 6 nitrogen and oxygen atoms in total. The predicted octanol–water partition coefficient (Wildman–Crippen LogP) is 3.28. The van der Waals surface area contributed by atoms with Gasteiger partial charge in [0, 0.05) is 11.6 Å². The summed E-state index contributed by atoms with van der Waals surface area (Å²) in [5.41, 5.74) is 6.06. The topological polar surface area (TPSA) is 90.1 Å². The number of halogens is 3. The number of methoxy groups -OCH3 is 1. The minimum Gasteiger partial charge on any atom is -0.481 e. The van der Waals surface area contributed by atoms with Crippen LogP contribution in [0.4, 0.5) is 11.6 Å². The quantitative estimate of drug-likeness (QED) is 0.657. The van der Waals surface area contributed by atoms with E-state index in [1.54, 1.807) is 0 Å². The first kappa shape index (κ1) is 15.6. The van der Waals surface area contributed by atoms with Gasteiger partial charge in [-0.25, -0.2) is 4.98 Å². The molecule has 21 heavy (non-hydrogen) atoms. The largest absolute Gasteiger partial charge is 0.481 e. The molecule has 0 bridgehead atoms. The first-order valence-corrected chi connectivity index (χ1v) is 6.68. The van der Waals surface area contributed by atoms with Crippen molar-refractivity contribution in [2.24, 2.45) is 0 Å². The van der Waals surface area contributed by atoms with Gasteiger partial charge in [-0.3, -0.25) is 10.1 Å². The lowest BCUT2D eigenvalue weighted by atomic mass is 10.2. The van der Waals surface area contributed by atoms with Crippen LogP contribution in [0.3, 0.4) is 0 Å². The van der Waals surface area contributed by atoms with Crippen LogP contribution in [-0.4, -0.2) is 23.0 Å². The number of hydrogen-bond donors (Lipinski definition) is 2. The Morgan fingerprint density at radius 2 is 1.95 bits per heavy atom. The van der Waals surface area contributed by atoms with E-state index in [9.17, 15) is 4.79 Å². The highest BCUT2D eigenvalue weighted by atomic mass is 35.5. The van der Waals surface area contributed by atoms with Crippen molar-refractivity contribution in [3.8, 4) is 5.88 Å². The number of nitrogen functional groups attached to an aromatic ring is 1. The minimum absolute atomic E-state index is 0.00556. The molecule has 3 N–H and O–H groups in total. The van der Waals surface area contributed by atoms with Crippen molar-refractivity contribution in [3.63, 3.8) is 0 Å². The van der Waals surface area contributed by atoms with Crippen molar-refractivity contribution >= 4 is 52.3 Å². The fourth-order valence-electron chi connectivity index (χ4n) is 1.47. The maximum atomic E-state index is 12.1. The Morgan fingerprint density at radius 3 is 2.57 bits per heavy atom. The molecule has 0 saturated carbocycles. The minimum atomic E-state index is -0.510. The van der Waals surface area contributed by atoms with Crippen LogP contribution in [0.15, 0.2) is 18.2 Å². The molecule has 110 valence electrons. The molecule has 0 unspecified atom stereocenters. The number of carbonyl (C=O) groups excluding carboxylic acids is 1. The Labute approximate surface area is 135 Å². The third kappa shape index (κ3) is 3.66. The van der Waals surface area contributed by atoms with Gasteiger partial charge in [-0.1, -0.05) is 34.8 Å². The number of ether oxygens (including phenoxy) is 1. The van der Waals surface area contributed by atoms with Gasteiger partial charge in [-0.05, 0) is 12.1 Å². The lowest BCUT2D eigenvalue weighted by molar-refractivity contribution is 0.102. The van der Waals surface area contributed by atoms with Crippen LogP contribution < -0.4 is 15.8 Å². The summed E-state index contributed by atoms with van der Waals surface area (Å²) in [5, 5.41) is 2.96. The van der Waals surface area contributed by atoms with E-state index in [-0.39, 0.29) is 38.3 Å². The van der Waals surface area contributed by atoms with Gasteiger partial charge in [0.05, 0.1) is 22.8 Å². The lowest BCUT2D eigenvalue weighted by Crippen LogP contribution is -2.15. The summed E-state index contributed by atoms with van der Waals surface area (Å²) in [4.78, 5) is 19.9. The Balaban J connectivity index is 2.28. The van der Waals surface area contributed by atoms with Crippen molar-refractivity contribution < 1.29 is 9.53 Å². The average Bonchev–Trinajstić information content (AvgIpc) is 2.43. The van der Waals surface area contributed by atoms with E-state index in [0.29, 0.717) is 0 Å². The zero-order chi connectivity index (χ0) is 15.6. The van der Waals surface area contributed by atoms with Gasteiger partial charge < -0.3 is 10.5 Å². The van der Waals surface area contributed by atoms with E-state index in [1.807, 2.05) is 0 Å². The number of aromatic nitrogens is 2. The summed E-state index contributed by atoms with van der Waals surface area (Å²) in [6, 6.07) is 4.19. The summed E-state index contributed by atoms with van der Waals surface area (Å²) in [7, 11) is 1.42. The van der Waals surface area contributed by atoms with Crippen LogP contribution in [0.1, 0.15) is 10.4 Å². The molecular formula is C12H9Cl3N4O2. The maximum Gasteiger partial charge on any atom is 0.258 e. The number of nitrogens with zero attached hydrogens (tertiary/aromatic N) is 2. The summed E-state index contributed by atoms with van der Waals surface area (Å²) in [6.07, 6.45) is 0. The number of nitrogens with one attached hydrogen (secondary N) is 1. The highest BCUT2D eigenvalue weighted by molar-refractivity contribution is 6.44. The van der Waals surface area contributed by atoms with Crippen molar-refractivity contribution in [1.82, 2.24) is 9.97 Å². The van der Waals surface area contributed by atoms with E-state index >= 15 is 0 Å². The van der Waals surface area contributed by atoms with Crippen LogP contribution in [0.25, 0.3) is 0 Å². The second kappa shape index (κ2) is 6.34. The molecule has 0 fully saturated rings. The molecule has 0 atom stereocenters. The zero-order valence-electron chi connectivity index (χ0n) is 10.7. The van der Waals surface area contributed by atoms with E-state index < -0.39 is 5.91 Å². The molecule has 0 spiro atoms. The van der Waals surface area contributed by atoms with E-state index in [2.05, 4.69) is 15.3 Å². The Bertz CT molecular complexity index is 686. The van der Waals surface area contributed by atoms with E-state index in [4.69, 9.17) is 45.3 Å². The molecular weight excluding hydrogens is 339 g/mol. The molecule has 0 saturated heterocycles. The smallest absolute Gasteiger partial charge is 0.258 e. The van der Waals surface area contributed by atoms with Crippen LogP contribution in [0.5, 0.6) is 5.88 Å². The second-order valence-electron chi connectivity index (χ2n) is 3.87. The number of nitrogens with two attached hydrogens (primary N) is 1. The first-order valence-electron chi connectivity index (χ1n) is 5.55. The highest BCUT2D eigenvalue weighted by Crippen LogP contribution is 2.29. The zero-order valence-corrected chi connectivity index (χ0v) is 12.9. The van der Waals surface area contributed by atoms with Gasteiger partial charge in [0.2, 0.25) is 11.8 Å². The van der Waals surface area contributed by atoms with Gasteiger partial charge >= 0.3 is 0 Å². The molecule has 2 rings (SSSR count). The number of rotatable bonds is 3. The Kier molecular flexibility index (Phi) is 4.72. The van der Waals surface area contributed by atoms with Gasteiger partial charge in [0.15, 0.2) is 0 Å². The predicted molar refractivity (Wildman–Crippen MR) is 82.4 cm³/mol. The molecule has 9 heteroatoms. The SMILES string of the molecule is COc1cc(Cl)nc(NC(=O)c2cc(N)c(Cl)c(Cl)c2)n1. The Morgan fingerprint density at radius 1 is 1.24 bits per heavy atom. The molecule has 0 radical (unpaired) electrons. The second-order valence-corrected chi connectivity index (χ2v) is 5.04. The highest BCUT2D eigenvalue weighted by Gasteiger charge is 2.13. The molecule has 1 amide bonds. The van der Waals surface area contributed by atoms with Gasteiger partial charge in [0.1, 0.15) is 5.15 Å². The molecule has 0 aliphatic rings. The fraction of sp³-hybridized carbons (Fsp3) is 0.0833. The molecule has 0 aliphatic carbocycles. The third-order valence-electron chi connectivity index (χ3n) is 2.42. The summed E-state index contributed by atoms with van der Waals surface area (Å²) >= 11 is 17.5. The van der Waals surface area contributed by atoms with Crippen LogP contribution >= 0.6 is 34.8 Å². The Hall–Kier alpha value is -1.76. The number of anilines is 2. The van der Waals surface area contributed by atoms with Crippen LogP contribution in [0.2, 0.25) is 15.2 Å². The summed E-state index contributed by atoms with van der Waals surface area (Å²) in [6.45, 7) is 0. The van der Waals surface area contributed by atoms with Crippen molar-refractivity contribution in [1.29, 1.82) is 0 Å². The van der Waals surface area contributed by atoms with Crippen molar-refractivity contribution in [2.45, 2.75) is 0 Å². The average molecular weight is 348 g/mol. The fourth-order valence-corrected chi connectivity index (χ4v) is 1.98. The monoisotopic (exact) mass is 346 g/mol. The number of hydrogen-bond acceptors (Lipinski definition) is 5. The summed E-state index contributed by atoms with van der Waals surface area (Å²) < 4.78 is 4.93. The first-order chi connectivity index (χ1) is 9.90. The van der Waals surface area contributed by atoms with Gasteiger partial charge in [0.25, 0.3) is 5.91 Å². The van der Waals surface area contributed by atoms with Gasteiger partial charge in [-0.15, -0.1) is 0 Å². The molecule has 1 aromatic heterocycles. The molecule has 0 aliphatic heterocycles. The normalized spacial score (nSPS) is 10.3. The lowest BCUT2D eigenvalue weighted by Gasteiger charge is -2.08. The van der Waals surface area contributed by atoms with E-state index in [1.165, 1.54) is 25.3 Å². The number of carbonyl (C=O) groups is 1. The maximum absolute atomic E-state index is 12.1. The van der Waals surface area contributed by atoms with E-state index in [0.717, 1.165) is 0 Å². The summed E-state index contributed by atoms with van der Waals surface area (Å²) in [5.74, 6) is -0.294. The molecule has 1 aromatic carbocycles. The van der Waals surface area contributed by atoms with Crippen molar-refractivity contribution in [3.05, 3.63) is 39.0 Å². The third-order valence-corrected chi connectivity index (χ3v) is 3.43. The van der Waals surface area contributed by atoms with Crippen LogP contribution in [0, 0.1) is 0 Å². The standard InChI is InChI=1S/C12H9Cl3N4O2/c1-21-9-4-8(14)17-12(18-9)19-11(20)5-2-6(13)10(15)7(16)3-5/h2-4H,16H2,1H3,(H,17,18,19,20). The number of benzene rings is 1. The van der Waals surface area contributed by atoms with Crippen LogP contribution in [-0.2, 0) is 0 Å².